The van der Waals surface area contributed by atoms with Crippen LogP contribution >= 0.6 is 0 Å². The van der Waals surface area contributed by atoms with Gasteiger partial charge < -0.3 is 5.11 Å². The molecule has 104 valence electrons. The van der Waals surface area contributed by atoms with Gasteiger partial charge in [0.15, 0.2) is 5.69 Å². The molecule has 0 fully saturated rings. The number of aromatic carboxylic acids is 1. The molecule has 0 amide bonds. The van der Waals surface area contributed by atoms with Crippen molar-refractivity contribution in [3.05, 3.63) is 65.0 Å². The van der Waals surface area contributed by atoms with Crippen LogP contribution in [0.2, 0.25) is 0 Å². The van der Waals surface area contributed by atoms with E-state index in [2.05, 4.69) is 28.9 Å². The fraction of sp³-hybridized carbons (Fsp3) is 0.250. The second kappa shape index (κ2) is 6.30. The summed E-state index contributed by atoms with van der Waals surface area (Å²) in [6, 6.07) is 11.8. The monoisotopic (exact) mass is 270 g/mol. The van der Waals surface area contributed by atoms with E-state index in [1.165, 1.54) is 17.3 Å². The molecule has 1 aromatic carbocycles. The number of pyridine rings is 1. The molecule has 4 nitrogen and oxygen atoms in total. The molecule has 0 unspecified atom stereocenters. The van der Waals surface area contributed by atoms with E-state index in [0.29, 0.717) is 6.54 Å². The first-order valence-electron chi connectivity index (χ1n) is 6.48. The Balaban J connectivity index is 2.11. The summed E-state index contributed by atoms with van der Waals surface area (Å²) in [7, 11) is 1.98. The summed E-state index contributed by atoms with van der Waals surface area (Å²) < 4.78 is 0. The quantitative estimate of drug-likeness (QED) is 0.907. The van der Waals surface area contributed by atoms with Crippen molar-refractivity contribution in [2.75, 3.05) is 7.05 Å². The van der Waals surface area contributed by atoms with Crippen molar-refractivity contribution in [2.45, 2.75) is 20.0 Å². The number of benzene rings is 1. The largest absolute Gasteiger partial charge is 0.477 e. The molecule has 0 atom stereocenters. The van der Waals surface area contributed by atoms with Crippen LogP contribution in [-0.2, 0) is 13.1 Å². The number of carbonyl (C=O) groups is 1. The molecule has 0 spiro atoms. The number of carboxylic acid groups (broad SMARTS) is 1. The average Bonchev–Trinajstić information content (AvgIpc) is 2.41. The van der Waals surface area contributed by atoms with Crippen molar-refractivity contribution < 1.29 is 9.90 Å². The number of nitrogens with zero attached hydrogens (tertiary/aromatic N) is 2. The zero-order valence-corrected chi connectivity index (χ0v) is 11.7. The Morgan fingerprint density at radius 2 is 1.80 bits per heavy atom. The third-order valence-electron chi connectivity index (χ3n) is 3.24. The van der Waals surface area contributed by atoms with Gasteiger partial charge in [-0.15, -0.1) is 0 Å². The van der Waals surface area contributed by atoms with Crippen molar-refractivity contribution in [2.24, 2.45) is 0 Å². The molecule has 1 aromatic heterocycles. The molecular weight excluding hydrogens is 252 g/mol. The smallest absolute Gasteiger partial charge is 0.354 e. The second-order valence-electron chi connectivity index (χ2n) is 4.92. The first kappa shape index (κ1) is 14.2. The first-order valence-corrected chi connectivity index (χ1v) is 6.48. The van der Waals surface area contributed by atoms with Crippen LogP contribution < -0.4 is 0 Å². The zero-order chi connectivity index (χ0) is 14.5. The van der Waals surface area contributed by atoms with E-state index in [4.69, 9.17) is 5.11 Å². The molecule has 0 aliphatic heterocycles. The summed E-state index contributed by atoms with van der Waals surface area (Å²) in [6.07, 6.45) is 1.51. The SMILES string of the molecule is Cc1ccccc1CN(C)Cc1cccnc1C(=O)O. The molecule has 0 aliphatic rings. The molecule has 0 saturated heterocycles. The Labute approximate surface area is 118 Å². The Bertz CT molecular complexity index is 611. The zero-order valence-electron chi connectivity index (χ0n) is 11.7. The third kappa shape index (κ3) is 3.42. The Morgan fingerprint density at radius 3 is 2.50 bits per heavy atom. The number of carboxylic acids is 1. The first-order chi connectivity index (χ1) is 9.58. The van der Waals surface area contributed by atoms with E-state index in [0.717, 1.165) is 12.1 Å². The highest BCUT2D eigenvalue weighted by atomic mass is 16.4. The van der Waals surface area contributed by atoms with Crippen LogP contribution in [0.5, 0.6) is 0 Å². The second-order valence-corrected chi connectivity index (χ2v) is 4.92. The van der Waals surface area contributed by atoms with Crippen molar-refractivity contribution in [3.8, 4) is 0 Å². The maximum Gasteiger partial charge on any atom is 0.354 e. The molecule has 4 heteroatoms. The Hall–Kier alpha value is -2.20. The molecule has 0 radical (unpaired) electrons. The van der Waals surface area contributed by atoms with Gasteiger partial charge in [-0.05, 0) is 36.7 Å². The van der Waals surface area contributed by atoms with Gasteiger partial charge >= 0.3 is 5.97 Å². The third-order valence-corrected chi connectivity index (χ3v) is 3.24. The minimum Gasteiger partial charge on any atom is -0.477 e. The van der Waals surface area contributed by atoms with Crippen LogP contribution in [-0.4, -0.2) is 28.0 Å². The normalized spacial score (nSPS) is 10.8. The van der Waals surface area contributed by atoms with Crippen molar-refractivity contribution >= 4 is 5.97 Å². The van der Waals surface area contributed by atoms with Gasteiger partial charge in [0.25, 0.3) is 0 Å². The molecule has 0 saturated carbocycles. The number of aromatic nitrogens is 1. The van der Waals surface area contributed by atoms with Gasteiger partial charge in [0.05, 0.1) is 0 Å². The average molecular weight is 270 g/mol. The Morgan fingerprint density at radius 1 is 1.15 bits per heavy atom. The summed E-state index contributed by atoms with van der Waals surface area (Å²) in [6.45, 7) is 3.42. The molecule has 1 heterocycles. The van der Waals surface area contributed by atoms with E-state index in [-0.39, 0.29) is 5.69 Å². The van der Waals surface area contributed by atoms with Gasteiger partial charge in [0.2, 0.25) is 0 Å². The number of aryl methyl sites for hydroxylation is 1. The van der Waals surface area contributed by atoms with Crippen LogP contribution in [0.15, 0.2) is 42.6 Å². The topological polar surface area (TPSA) is 53.4 Å². The fourth-order valence-electron chi connectivity index (χ4n) is 2.18. The Kier molecular flexibility index (Phi) is 4.48. The lowest BCUT2D eigenvalue weighted by Gasteiger charge is -2.18. The number of hydrogen-bond donors (Lipinski definition) is 1. The predicted octanol–water partition coefficient (Wildman–Crippen LogP) is 2.72. The minimum atomic E-state index is -0.982. The van der Waals surface area contributed by atoms with Crippen molar-refractivity contribution in [3.63, 3.8) is 0 Å². The van der Waals surface area contributed by atoms with E-state index >= 15 is 0 Å². The molecule has 1 N–H and O–H groups in total. The maximum atomic E-state index is 11.1. The number of hydrogen-bond acceptors (Lipinski definition) is 3. The highest BCUT2D eigenvalue weighted by molar-refractivity contribution is 5.86. The van der Waals surface area contributed by atoms with E-state index in [1.807, 2.05) is 25.2 Å². The summed E-state index contributed by atoms with van der Waals surface area (Å²) in [5.41, 5.74) is 3.35. The van der Waals surface area contributed by atoms with E-state index in [9.17, 15) is 4.79 Å². The number of rotatable bonds is 5. The standard InChI is InChI=1S/C16H18N2O2/c1-12-6-3-4-7-13(12)10-18(2)11-14-8-5-9-17-15(14)16(19)20/h3-9H,10-11H2,1-2H3,(H,19,20). The van der Waals surface area contributed by atoms with Gasteiger partial charge in [-0.1, -0.05) is 30.3 Å². The lowest BCUT2D eigenvalue weighted by Crippen LogP contribution is -2.20. The van der Waals surface area contributed by atoms with Gasteiger partial charge in [0, 0.05) is 19.3 Å². The molecule has 2 aromatic rings. The van der Waals surface area contributed by atoms with Gasteiger partial charge in [-0.3, -0.25) is 4.90 Å². The van der Waals surface area contributed by atoms with Gasteiger partial charge in [0.1, 0.15) is 0 Å². The molecule has 0 aliphatic carbocycles. The predicted molar refractivity (Wildman–Crippen MR) is 77.5 cm³/mol. The van der Waals surface area contributed by atoms with E-state index in [1.54, 1.807) is 6.07 Å². The fourth-order valence-corrected chi connectivity index (χ4v) is 2.18. The van der Waals surface area contributed by atoms with Crippen LogP contribution in [0.1, 0.15) is 27.2 Å². The molecule has 20 heavy (non-hydrogen) atoms. The molecule has 0 bridgehead atoms. The highest BCUT2D eigenvalue weighted by Gasteiger charge is 2.13. The summed E-state index contributed by atoms with van der Waals surface area (Å²) >= 11 is 0. The van der Waals surface area contributed by atoms with Crippen LogP contribution in [0.4, 0.5) is 0 Å². The van der Waals surface area contributed by atoms with Crippen LogP contribution in [0.25, 0.3) is 0 Å². The molecular formula is C16H18N2O2. The van der Waals surface area contributed by atoms with Gasteiger partial charge in [-0.25, -0.2) is 9.78 Å². The lowest BCUT2D eigenvalue weighted by atomic mass is 10.1. The maximum absolute atomic E-state index is 11.1. The van der Waals surface area contributed by atoms with Gasteiger partial charge in [-0.2, -0.15) is 0 Å². The minimum absolute atomic E-state index is 0.129. The summed E-state index contributed by atoms with van der Waals surface area (Å²) in [5.74, 6) is -0.982. The summed E-state index contributed by atoms with van der Waals surface area (Å²) in [5, 5.41) is 9.13. The van der Waals surface area contributed by atoms with E-state index < -0.39 is 5.97 Å². The van der Waals surface area contributed by atoms with Crippen molar-refractivity contribution in [1.29, 1.82) is 0 Å². The van der Waals surface area contributed by atoms with Crippen LogP contribution in [0, 0.1) is 6.92 Å². The summed E-state index contributed by atoms with van der Waals surface area (Å²) in [4.78, 5) is 17.2. The molecule has 2 rings (SSSR count). The lowest BCUT2D eigenvalue weighted by molar-refractivity contribution is 0.0688. The highest BCUT2D eigenvalue weighted by Crippen LogP contribution is 2.13. The van der Waals surface area contributed by atoms with Crippen molar-refractivity contribution in [1.82, 2.24) is 9.88 Å². The van der Waals surface area contributed by atoms with Crippen LogP contribution in [0.3, 0.4) is 0 Å².